The number of esters is 2. The number of amides is 2. The largest absolute Gasteiger partial charge is 0.493 e. The number of hydrogen-bond donors (Lipinski definition) is 0. The molecule has 4 aromatic rings. The van der Waals surface area contributed by atoms with E-state index in [1.165, 1.54) is 54.8 Å². The van der Waals surface area contributed by atoms with Gasteiger partial charge in [-0.25, -0.2) is 9.59 Å². The third kappa shape index (κ3) is 27.2. The summed E-state index contributed by atoms with van der Waals surface area (Å²) in [7, 11) is 12.3. The van der Waals surface area contributed by atoms with Crippen molar-refractivity contribution < 1.29 is 106 Å². The Morgan fingerprint density at radius 3 is 1.01 bits per heavy atom. The first kappa shape index (κ1) is 83.3. The lowest BCUT2D eigenvalue weighted by Gasteiger charge is -2.31. The Kier molecular flexibility index (Phi) is 36.0. The van der Waals surface area contributed by atoms with E-state index in [2.05, 4.69) is 41.3 Å². The first-order valence-electron chi connectivity index (χ1n) is 32.3. The topological polar surface area (TPSA) is 431 Å². The Bertz CT molecular complexity index is 3220. The lowest BCUT2D eigenvalue weighted by Crippen LogP contribution is -2.49. The lowest BCUT2D eigenvalue weighted by atomic mass is 9.92. The molecule has 0 saturated carbocycles. The molecule has 0 spiro atoms. The maximum absolute atomic E-state index is 14.7. The van der Waals surface area contributed by atoms with Crippen molar-refractivity contribution in [2.24, 2.45) is 11.8 Å². The monoisotopic (exact) mass is 1440 g/mol. The van der Waals surface area contributed by atoms with E-state index in [0.29, 0.717) is 108 Å². The predicted octanol–water partition coefficient (Wildman–Crippen LogP) is 7.30. The number of rotatable bonds is 50. The van der Waals surface area contributed by atoms with Crippen LogP contribution in [0.1, 0.15) is 99.6 Å². The number of methoxy groups -OCH3 is 6. The maximum Gasteiger partial charge on any atom is 0.421 e. The second-order valence-electron chi connectivity index (χ2n) is 22.7. The first-order valence-corrected chi connectivity index (χ1v) is 32.3. The average Bonchev–Trinajstić information content (AvgIpc) is 0.828. The van der Waals surface area contributed by atoms with Crippen LogP contribution in [-0.4, -0.2) is 199 Å². The summed E-state index contributed by atoms with van der Waals surface area (Å²) in [5.74, 6) is -6.47. The van der Waals surface area contributed by atoms with E-state index in [1.54, 1.807) is 36.4 Å². The second-order valence-corrected chi connectivity index (χ2v) is 22.7. The number of likely N-dealkylation sites (N-methyl/N-ethyl adjacent to an activating group) is 2. The predicted molar refractivity (Wildman–Crippen MR) is 356 cm³/mol. The second kappa shape index (κ2) is 44.1. The maximum atomic E-state index is 14.7. The fourth-order valence-electron chi connectivity index (χ4n) is 10.9. The van der Waals surface area contributed by atoms with Crippen molar-refractivity contribution in [1.82, 2.24) is 19.6 Å². The Hall–Kier alpha value is -11.1. The van der Waals surface area contributed by atoms with Crippen molar-refractivity contribution in [2.45, 2.75) is 103 Å². The van der Waals surface area contributed by atoms with Gasteiger partial charge in [0.15, 0.2) is 46.0 Å². The summed E-state index contributed by atoms with van der Waals surface area (Å²) in [5.41, 5.74) is 3.05. The highest BCUT2D eigenvalue weighted by Gasteiger charge is 2.39. The molecule has 0 aromatic heterocycles. The molecule has 558 valence electrons. The normalized spacial score (nSPS) is 12.6. The first-order chi connectivity index (χ1) is 48.9. The minimum atomic E-state index is -2.64. The minimum Gasteiger partial charge on any atom is -0.493 e. The summed E-state index contributed by atoms with van der Waals surface area (Å²) in [6, 6.07) is 23.9. The summed E-state index contributed by atoms with van der Waals surface area (Å²) < 4.78 is 56.4. The third-order valence-electron chi connectivity index (χ3n) is 16.1. The van der Waals surface area contributed by atoms with Crippen molar-refractivity contribution in [3.05, 3.63) is 136 Å². The molecule has 0 fully saturated rings. The van der Waals surface area contributed by atoms with E-state index in [9.17, 15) is 70.2 Å². The number of carbonyl (C=O) groups excluding carboxylic acids is 4. The molecular formula is C66H88N10O26. The number of hydrogen-bond acceptors (Lipinski definition) is 30. The molecule has 0 aliphatic carbocycles. The quantitative estimate of drug-likeness (QED) is 0.0137. The van der Waals surface area contributed by atoms with Gasteiger partial charge in [0.2, 0.25) is 0 Å². The SMILES string of the molecule is CCCC(C#N)CCC(c1ccc(OC(OC(=O)C(=O)OC(Oc2ccc(C(CCC(C#N)CCC)N(C)CCc3ccc(OC)c(OC)c3)cc2OC)C(=O)N(CCO[N+](=O)[O-])CCO[N+](=O)[O-])C(=O)N(CCO[N+](=O)[O-])CCO[N+](=O)[O-])c(OC)c1)N(C)CCc1ccc(OC)c(OC)c1. The minimum absolute atomic E-state index is 0.107. The van der Waals surface area contributed by atoms with E-state index < -0.39 is 121 Å². The van der Waals surface area contributed by atoms with Gasteiger partial charge in [-0.05, 0) is 136 Å². The Labute approximate surface area is 588 Å². The van der Waals surface area contributed by atoms with Crippen LogP contribution in [0, 0.1) is 75.0 Å². The number of nitriles is 2. The highest BCUT2D eigenvalue weighted by Crippen LogP contribution is 2.39. The molecule has 4 rings (SSSR count). The molecule has 36 nitrogen and oxygen atoms in total. The third-order valence-corrected chi connectivity index (χ3v) is 16.1. The number of ether oxygens (including phenoxy) is 10. The lowest BCUT2D eigenvalue weighted by molar-refractivity contribution is -0.758. The van der Waals surface area contributed by atoms with E-state index in [1.807, 2.05) is 52.2 Å². The van der Waals surface area contributed by atoms with Crippen LogP contribution in [-0.2, 0) is 60.8 Å². The molecule has 0 saturated heterocycles. The molecule has 0 aliphatic heterocycles. The van der Waals surface area contributed by atoms with Crippen molar-refractivity contribution in [3.63, 3.8) is 0 Å². The fourth-order valence-corrected chi connectivity index (χ4v) is 10.9. The van der Waals surface area contributed by atoms with Crippen LogP contribution in [0.15, 0.2) is 72.8 Å². The molecular weight excluding hydrogens is 1350 g/mol. The smallest absolute Gasteiger partial charge is 0.421 e. The van der Waals surface area contributed by atoms with Crippen molar-refractivity contribution in [1.29, 1.82) is 10.5 Å². The molecule has 0 radical (unpaired) electrons. The molecule has 4 aromatic carbocycles. The number of carbonyl (C=O) groups is 4. The van der Waals surface area contributed by atoms with Gasteiger partial charge in [-0.3, -0.25) is 19.4 Å². The molecule has 0 bridgehead atoms. The van der Waals surface area contributed by atoms with Gasteiger partial charge in [0.25, 0.3) is 20.3 Å². The zero-order valence-corrected chi connectivity index (χ0v) is 58.6. The van der Waals surface area contributed by atoms with Gasteiger partial charge in [0, 0.05) is 63.2 Å². The van der Waals surface area contributed by atoms with Crippen LogP contribution in [0.4, 0.5) is 0 Å². The van der Waals surface area contributed by atoms with Crippen molar-refractivity contribution in [3.8, 4) is 58.1 Å². The van der Waals surface area contributed by atoms with Crippen LogP contribution >= 0.6 is 0 Å². The summed E-state index contributed by atoms with van der Waals surface area (Å²) >= 11 is 0. The number of benzene rings is 4. The summed E-state index contributed by atoms with van der Waals surface area (Å²) in [5, 5.41) is 60.4. The van der Waals surface area contributed by atoms with E-state index >= 15 is 0 Å². The van der Waals surface area contributed by atoms with Crippen LogP contribution in [0.3, 0.4) is 0 Å². The molecule has 6 atom stereocenters. The molecule has 0 N–H and O–H groups in total. The Morgan fingerprint density at radius 1 is 0.422 bits per heavy atom. The van der Waals surface area contributed by atoms with Gasteiger partial charge >= 0.3 is 36.3 Å². The molecule has 2 amide bonds. The molecule has 36 heteroatoms. The van der Waals surface area contributed by atoms with Crippen LogP contribution in [0.2, 0.25) is 0 Å². The summed E-state index contributed by atoms with van der Waals surface area (Å²) in [4.78, 5) is 126. The van der Waals surface area contributed by atoms with Gasteiger partial charge in [0.05, 0.1) is 54.8 Å². The van der Waals surface area contributed by atoms with E-state index in [0.717, 1.165) is 24.0 Å². The Morgan fingerprint density at radius 2 is 0.725 bits per heavy atom. The van der Waals surface area contributed by atoms with Crippen molar-refractivity contribution in [2.75, 3.05) is 122 Å². The Balaban J connectivity index is 1.85. The standard InChI is InChI=1S/C66H88N10O26/c1-11-13-47(43-67)15-21-51(69(3)29-27-45-17-23-53(89-5)57(39-45)91-7)49-19-25-55(59(41-49)93-9)99-65(61(77)71(31-35-95-73(81)82)32-36-96-74(83)84)101-63(79)64(80)102-66(62(78)72(33-37-97-75(85)86)34-38-98-76(87)88)100-56-26-20-50(42-60(56)94-10)52(22-16-48(44-68)14-12-2)70(4)30-28-46-18-24-54(90-6)58(40-46)92-8/h17-20,23-26,39-42,47-48,51-52,65-66H,11-16,21-22,27-38H2,1-10H3. The molecule has 0 aliphatic rings. The van der Waals surface area contributed by atoms with Gasteiger partial charge < -0.3 is 76.5 Å². The van der Waals surface area contributed by atoms with Gasteiger partial charge in [-0.1, -0.05) is 51.0 Å². The molecule has 102 heavy (non-hydrogen) atoms. The number of nitrogens with zero attached hydrogens (tertiary/aromatic N) is 10. The highest BCUT2D eigenvalue weighted by molar-refractivity contribution is 6.30. The van der Waals surface area contributed by atoms with Crippen LogP contribution in [0.5, 0.6) is 46.0 Å². The fraction of sp³-hybridized carbons (Fsp3) is 0.545. The van der Waals surface area contributed by atoms with Crippen molar-refractivity contribution >= 4 is 23.8 Å². The van der Waals surface area contributed by atoms with Crippen LogP contribution in [0.25, 0.3) is 0 Å². The van der Waals surface area contributed by atoms with Gasteiger partial charge in [-0.15, -0.1) is 40.5 Å². The average molecular weight is 1440 g/mol. The van der Waals surface area contributed by atoms with E-state index in [-0.39, 0.29) is 34.8 Å². The summed E-state index contributed by atoms with van der Waals surface area (Å²) in [6.07, 6.45) is 0.395. The summed E-state index contributed by atoms with van der Waals surface area (Å²) in [6.45, 7) is -1.63. The zero-order valence-electron chi connectivity index (χ0n) is 58.6. The van der Waals surface area contributed by atoms with E-state index in [4.69, 9.17) is 47.4 Å². The van der Waals surface area contributed by atoms with Gasteiger partial charge in [0.1, 0.15) is 26.4 Å². The zero-order chi connectivity index (χ0) is 75.3. The van der Waals surface area contributed by atoms with Crippen LogP contribution < -0.4 is 37.9 Å². The highest BCUT2D eigenvalue weighted by atomic mass is 17.0. The van der Waals surface area contributed by atoms with Gasteiger partial charge in [-0.2, -0.15) is 10.5 Å². The molecule has 0 heterocycles. The molecule has 6 unspecified atom stereocenters.